The van der Waals surface area contributed by atoms with E-state index in [1.807, 2.05) is 18.3 Å². The van der Waals surface area contributed by atoms with Crippen molar-refractivity contribution < 1.29 is 13.6 Å². The number of hydrogen-bond donors (Lipinski definition) is 2. The van der Waals surface area contributed by atoms with Crippen LogP contribution in [0.3, 0.4) is 0 Å². The van der Waals surface area contributed by atoms with Gasteiger partial charge in [-0.1, -0.05) is 0 Å². The molecule has 178 valence electrons. The van der Waals surface area contributed by atoms with E-state index in [2.05, 4.69) is 40.8 Å². The normalized spacial score (nSPS) is 22.0. The first-order chi connectivity index (χ1) is 18.3. The molecule has 2 N–H and O–H groups in total. The van der Waals surface area contributed by atoms with Gasteiger partial charge in [0.05, 0.1) is 25.1 Å². The van der Waals surface area contributed by atoms with Crippen molar-refractivity contribution >= 4 is 39.8 Å². The van der Waals surface area contributed by atoms with Gasteiger partial charge < -0.3 is 20.3 Å². The summed E-state index contributed by atoms with van der Waals surface area (Å²) < 4.78 is 30.0. The molecule has 4 aromatic rings. The lowest BCUT2D eigenvalue weighted by Gasteiger charge is -2.28. The van der Waals surface area contributed by atoms with Crippen LogP contribution >= 0.6 is 0 Å². The average Bonchev–Trinajstić information content (AvgIpc) is 3.79. The molecule has 0 radical (unpaired) electrons. The molecule has 3 aliphatic rings. The topological polar surface area (TPSA) is 122 Å². The minimum absolute atomic E-state index is 0.0189. The number of fused-ring (bicyclic) bond motifs is 2. The second kappa shape index (κ2) is 7.57. The van der Waals surface area contributed by atoms with E-state index in [4.69, 9.17) is 8.85 Å². The Bertz CT molecular complexity index is 1580. The summed E-state index contributed by atoms with van der Waals surface area (Å²) in [5, 5.41) is 18.9. The molecule has 1 atom stereocenters. The van der Waals surface area contributed by atoms with Crippen LogP contribution in [0.15, 0.2) is 30.6 Å². The summed E-state index contributed by atoms with van der Waals surface area (Å²) in [4.78, 5) is 24.0. The van der Waals surface area contributed by atoms with Gasteiger partial charge in [-0.05, 0) is 42.9 Å². The SMILES string of the molecule is [2H]C([2H])([2H])Nc1ncc(-c2nc3ccc(N4CCOCC4)cn3n2)c2cc(NC(=O)[C@H]3CC34CC4)nnc12. The fraction of sp³-hybridized carbons (Fsp3) is 0.417. The van der Waals surface area contributed by atoms with Gasteiger partial charge in [0.2, 0.25) is 5.91 Å². The molecule has 11 heteroatoms. The highest BCUT2D eigenvalue weighted by atomic mass is 16.5. The summed E-state index contributed by atoms with van der Waals surface area (Å²) in [6.07, 6.45) is 6.55. The monoisotopic (exact) mass is 474 g/mol. The molecule has 0 unspecified atom stereocenters. The molecule has 35 heavy (non-hydrogen) atoms. The molecule has 5 heterocycles. The zero-order valence-electron chi connectivity index (χ0n) is 21.9. The Morgan fingerprint density at radius 1 is 1.26 bits per heavy atom. The summed E-state index contributed by atoms with van der Waals surface area (Å²) >= 11 is 0. The maximum Gasteiger partial charge on any atom is 0.229 e. The number of hydrogen-bond acceptors (Lipinski definition) is 9. The minimum Gasteiger partial charge on any atom is -0.378 e. The number of rotatable bonds is 5. The molecule has 2 saturated carbocycles. The number of pyridine rings is 2. The van der Waals surface area contributed by atoms with Crippen LogP contribution in [0.25, 0.3) is 27.9 Å². The van der Waals surface area contributed by atoms with E-state index >= 15 is 0 Å². The molecular formula is C24H25N9O2. The van der Waals surface area contributed by atoms with Gasteiger partial charge in [-0.15, -0.1) is 15.3 Å². The van der Waals surface area contributed by atoms with Gasteiger partial charge in [0.25, 0.3) is 0 Å². The van der Waals surface area contributed by atoms with Crippen LogP contribution < -0.4 is 15.5 Å². The number of ether oxygens (including phenoxy) is 1. The van der Waals surface area contributed by atoms with Gasteiger partial charge in [-0.3, -0.25) is 4.79 Å². The van der Waals surface area contributed by atoms with Gasteiger partial charge in [-0.2, -0.15) is 0 Å². The van der Waals surface area contributed by atoms with E-state index in [-0.39, 0.29) is 34.4 Å². The van der Waals surface area contributed by atoms with Crippen LogP contribution in [0.5, 0.6) is 0 Å². The number of carbonyl (C=O) groups excluding carboxylic acids is 1. The number of nitrogens with one attached hydrogen (secondary N) is 2. The van der Waals surface area contributed by atoms with E-state index in [9.17, 15) is 4.79 Å². The Hall–Kier alpha value is -3.86. The molecule has 1 saturated heterocycles. The first kappa shape index (κ1) is 17.6. The van der Waals surface area contributed by atoms with E-state index in [0.717, 1.165) is 38.0 Å². The van der Waals surface area contributed by atoms with E-state index < -0.39 is 6.98 Å². The third-order valence-corrected chi connectivity index (χ3v) is 7.33. The standard InChI is InChI=1S/C24H25N9O2/c1-25-22-20-15(10-18(29-30-20)27-23(34)17-11-24(17)4-5-24)16(12-26-22)21-28-19-3-2-14(13-33(19)31-21)32-6-8-35-9-7-32/h2-3,10,12-13,17H,4-9,11H2,1H3,(H,25,26)(H,27,29,34)/t17-/m1/s1/i1D3. The van der Waals surface area contributed by atoms with Crippen LogP contribution in [0, 0.1) is 11.3 Å². The van der Waals surface area contributed by atoms with Gasteiger partial charge in [0.15, 0.2) is 23.1 Å². The number of amides is 1. The predicted molar refractivity (Wildman–Crippen MR) is 130 cm³/mol. The lowest BCUT2D eigenvalue weighted by Crippen LogP contribution is -2.36. The minimum atomic E-state index is -2.47. The fourth-order valence-corrected chi connectivity index (χ4v) is 5.00. The zero-order chi connectivity index (χ0) is 26.1. The lowest BCUT2D eigenvalue weighted by atomic mass is 10.1. The second-order valence-corrected chi connectivity index (χ2v) is 9.47. The molecule has 7 rings (SSSR count). The molecule has 11 nitrogen and oxygen atoms in total. The molecule has 1 amide bonds. The van der Waals surface area contributed by atoms with Crippen molar-refractivity contribution in [3.8, 4) is 11.4 Å². The molecule has 1 aliphatic heterocycles. The second-order valence-electron chi connectivity index (χ2n) is 9.47. The van der Waals surface area contributed by atoms with Crippen molar-refractivity contribution in [2.45, 2.75) is 19.3 Å². The van der Waals surface area contributed by atoms with Crippen molar-refractivity contribution in [3.63, 3.8) is 0 Å². The number of morpholine rings is 1. The molecule has 1 spiro atoms. The molecule has 0 aromatic carbocycles. The van der Waals surface area contributed by atoms with Gasteiger partial charge in [0, 0.05) is 47.2 Å². The third kappa shape index (κ3) is 3.45. The highest BCUT2D eigenvalue weighted by Crippen LogP contribution is 2.70. The van der Waals surface area contributed by atoms with E-state index in [1.165, 1.54) is 6.20 Å². The Morgan fingerprint density at radius 3 is 2.94 bits per heavy atom. The van der Waals surface area contributed by atoms with Crippen LogP contribution in [-0.4, -0.2) is 69.0 Å². The number of anilines is 3. The third-order valence-electron chi connectivity index (χ3n) is 7.33. The smallest absolute Gasteiger partial charge is 0.229 e. The average molecular weight is 475 g/mol. The molecule has 0 bridgehead atoms. The summed E-state index contributed by atoms with van der Waals surface area (Å²) in [5.41, 5.74) is 2.66. The Kier molecular flexibility index (Phi) is 3.80. The van der Waals surface area contributed by atoms with Crippen molar-refractivity contribution in [1.29, 1.82) is 0 Å². The number of carbonyl (C=O) groups is 1. The molecule has 2 aliphatic carbocycles. The van der Waals surface area contributed by atoms with Crippen molar-refractivity contribution in [1.82, 2.24) is 29.8 Å². The summed E-state index contributed by atoms with van der Waals surface area (Å²) in [6, 6.07) is 5.58. The van der Waals surface area contributed by atoms with Crippen LogP contribution in [0.2, 0.25) is 0 Å². The van der Waals surface area contributed by atoms with Crippen molar-refractivity contribution in [3.05, 3.63) is 30.6 Å². The Balaban J connectivity index is 1.28. The maximum atomic E-state index is 12.7. The van der Waals surface area contributed by atoms with Crippen LogP contribution in [0.4, 0.5) is 17.3 Å². The predicted octanol–water partition coefficient (Wildman–Crippen LogP) is 2.35. The van der Waals surface area contributed by atoms with Crippen molar-refractivity contribution in [2.24, 2.45) is 11.3 Å². The van der Waals surface area contributed by atoms with Crippen LogP contribution in [0.1, 0.15) is 23.4 Å². The molecule has 3 fully saturated rings. The number of aromatic nitrogens is 6. The highest BCUT2D eigenvalue weighted by molar-refractivity contribution is 6.01. The lowest BCUT2D eigenvalue weighted by molar-refractivity contribution is -0.117. The zero-order valence-corrected chi connectivity index (χ0v) is 18.9. The van der Waals surface area contributed by atoms with Gasteiger partial charge >= 0.3 is 0 Å². The molecule has 4 aromatic heterocycles. The van der Waals surface area contributed by atoms with Gasteiger partial charge in [0.1, 0.15) is 5.52 Å². The first-order valence-corrected chi connectivity index (χ1v) is 11.7. The Labute approximate surface area is 205 Å². The summed E-state index contributed by atoms with van der Waals surface area (Å²) in [7, 11) is 0. The van der Waals surface area contributed by atoms with Crippen molar-refractivity contribution in [2.75, 3.05) is 48.8 Å². The maximum absolute atomic E-state index is 12.7. The quantitative estimate of drug-likeness (QED) is 0.449. The number of nitrogens with zero attached hydrogens (tertiary/aromatic N) is 7. The largest absolute Gasteiger partial charge is 0.378 e. The molecular weight excluding hydrogens is 446 g/mol. The Morgan fingerprint density at radius 2 is 2.14 bits per heavy atom. The van der Waals surface area contributed by atoms with E-state index in [0.29, 0.717) is 35.6 Å². The summed E-state index contributed by atoms with van der Waals surface area (Å²) in [5.74, 6) is 0.702. The highest BCUT2D eigenvalue weighted by Gasteiger charge is 2.65. The van der Waals surface area contributed by atoms with Gasteiger partial charge in [-0.25, -0.2) is 14.5 Å². The fourth-order valence-electron chi connectivity index (χ4n) is 5.00. The summed E-state index contributed by atoms with van der Waals surface area (Å²) in [6.45, 7) is 0.481. The van der Waals surface area contributed by atoms with E-state index in [1.54, 1.807) is 10.6 Å². The first-order valence-electron chi connectivity index (χ1n) is 13.2. The van der Waals surface area contributed by atoms with Crippen LogP contribution in [-0.2, 0) is 9.53 Å².